The zero-order chi connectivity index (χ0) is 34.0. The SMILES string of the molecule is CCOC(=O)c1cc(Cc2ccc([C@@H]3O[C@H](COC(C)=O)[C@H](OC(C)=O)[C@H](OC(=O)COC)[C@H]3OC(C)=O)c(OC)c2)ccc1O. The van der Waals surface area contributed by atoms with Crippen LogP contribution in [-0.4, -0.2) is 93.4 Å². The second kappa shape index (κ2) is 16.6. The smallest absolute Gasteiger partial charge is 0.341 e. The Balaban J connectivity index is 2.07. The molecule has 2 aromatic rings. The molecule has 0 radical (unpaired) electrons. The van der Waals surface area contributed by atoms with Crippen LogP contribution >= 0.6 is 0 Å². The maximum Gasteiger partial charge on any atom is 0.341 e. The van der Waals surface area contributed by atoms with Crippen LogP contribution in [0.15, 0.2) is 36.4 Å². The van der Waals surface area contributed by atoms with E-state index in [0.29, 0.717) is 23.3 Å². The van der Waals surface area contributed by atoms with Gasteiger partial charge in [-0.1, -0.05) is 18.2 Å². The van der Waals surface area contributed by atoms with E-state index in [9.17, 15) is 29.1 Å². The molecule has 0 unspecified atom stereocenters. The summed E-state index contributed by atoms with van der Waals surface area (Å²) in [6.07, 6.45) is -6.09. The maximum absolute atomic E-state index is 12.6. The maximum atomic E-state index is 12.6. The number of benzene rings is 2. The number of hydrogen-bond donors (Lipinski definition) is 1. The van der Waals surface area contributed by atoms with Gasteiger partial charge in [0.15, 0.2) is 18.3 Å². The summed E-state index contributed by atoms with van der Waals surface area (Å²) >= 11 is 0. The largest absolute Gasteiger partial charge is 0.507 e. The van der Waals surface area contributed by atoms with Crippen LogP contribution in [0.25, 0.3) is 0 Å². The first-order valence-corrected chi connectivity index (χ1v) is 14.4. The molecule has 1 saturated heterocycles. The minimum absolute atomic E-state index is 0.0259. The minimum Gasteiger partial charge on any atom is -0.507 e. The number of esters is 5. The number of aromatic hydroxyl groups is 1. The summed E-state index contributed by atoms with van der Waals surface area (Å²) in [6.45, 7) is 4.44. The fourth-order valence-corrected chi connectivity index (χ4v) is 4.99. The van der Waals surface area contributed by atoms with Crippen molar-refractivity contribution in [2.24, 2.45) is 0 Å². The van der Waals surface area contributed by atoms with Gasteiger partial charge in [0.05, 0.1) is 13.7 Å². The number of phenolic OH excluding ortho intramolecular Hbond substituents is 1. The highest BCUT2D eigenvalue weighted by Crippen LogP contribution is 2.41. The molecule has 1 heterocycles. The number of hydrogen-bond acceptors (Lipinski definition) is 14. The molecule has 1 aliphatic heterocycles. The number of rotatable bonds is 13. The van der Waals surface area contributed by atoms with Crippen LogP contribution in [0.3, 0.4) is 0 Å². The van der Waals surface area contributed by atoms with Crippen molar-refractivity contribution in [3.63, 3.8) is 0 Å². The van der Waals surface area contributed by atoms with Crippen LogP contribution in [-0.2, 0) is 58.8 Å². The van der Waals surface area contributed by atoms with E-state index in [1.807, 2.05) is 0 Å². The van der Waals surface area contributed by atoms with E-state index < -0.39 is 67.0 Å². The Hall–Kier alpha value is -4.69. The molecule has 14 nitrogen and oxygen atoms in total. The van der Waals surface area contributed by atoms with Crippen molar-refractivity contribution in [2.45, 2.75) is 64.6 Å². The van der Waals surface area contributed by atoms with Gasteiger partial charge in [-0.25, -0.2) is 9.59 Å². The summed E-state index contributed by atoms with van der Waals surface area (Å²) in [5, 5.41) is 10.1. The first kappa shape index (κ1) is 35.8. The number of carbonyl (C=O) groups excluding carboxylic acids is 5. The summed E-state index contributed by atoms with van der Waals surface area (Å²) < 4.78 is 43.8. The standard InChI is InChI=1S/C32H38O14/c1-7-41-32(38)23-13-20(9-11-24(23)36)12-21-8-10-22(25(14-21)40-6)28-30(44-19(4)35)31(46-27(37)16-39-5)29(43-18(3)34)26(45-28)15-42-17(2)33/h8-11,13-14,26,28-31,36H,7,12,15-16H2,1-6H3/t26-,28+,29+,30+,31+/m1/s1. The molecule has 0 amide bonds. The average Bonchev–Trinajstić information content (AvgIpc) is 2.99. The highest BCUT2D eigenvalue weighted by atomic mass is 16.7. The number of carbonyl (C=O) groups is 5. The third kappa shape index (κ3) is 9.41. The van der Waals surface area contributed by atoms with E-state index in [2.05, 4.69) is 0 Å². The van der Waals surface area contributed by atoms with Crippen molar-refractivity contribution in [1.29, 1.82) is 0 Å². The van der Waals surface area contributed by atoms with Gasteiger partial charge in [0, 0.05) is 33.4 Å². The summed E-state index contributed by atoms with van der Waals surface area (Å²) in [6, 6.07) is 9.70. The Morgan fingerprint density at radius 1 is 0.804 bits per heavy atom. The summed E-state index contributed by atoms with van der Waals surface area (Å²) in [5.74, 6) is -3.55. The fourth-order valence-electron chi connectivity index (χ4n) is 4.99. The van der Waals surface area contributed by atoms with Crippen LogP contribution in [0.5, 0.6) is 11.5 Å². The topological polar surface area (TPSA) is 179 Å². The molecule has 0 spiro atoms. The fraction of sp³-hybridized carbons (Fsp3) is 0.469. The van der Waals surface area contributed by atoms with E-state index in [1.165, 1.54) is 33.3 Å². The van der Waals surface area contributed by atoms with Crippen molar-refractivity contribution < 1.29 is 67.0 Å². The molecule has 2 aromatic carbocycles. The summed E-state index contributed by atoms with van der Waals surface area (Å²) in [5.41, 5.74) is 1.83. The lowest BCUT2D eigenvalue weighted by molar-refractivity contribution is -0.255. The molecular weight excluding hydrogens is 608 g/mol. The van der Waals surface area contributed by atoms with Gasteiger partial charge in [-0.2, -0.15) is 0 Å². The lowest BCUT2D eigenvalue weighted by Crippen LogP contribution is -2.59. The molecule has 0 saturated carbocycles. The molecule has 46 heavy (non-hydrogen) atoms. The molecular formula is C32H38O14. The monoisotopic (exact) mass is 646 g/mol. The predicted octanol–water partition coefficient (Wildman–Crippen LogP) is 2.59. The molecule has 250 valence electrons. The quantitative estimate of drug-likeness (QED) is 0.248. The van der Waals surface area contributed by atoms with Crippen molar-refractivity contribution in [3.8, 4) is 11.5 Å². The third-order valence-electron chi connectivity index (χ3n) is 6.79. The molecule has 14 heteroatoms. The van der Waals surface area contributed by atoms with E-state index in [1.54, 1.807) is 31.2 Å². The molecule has 0 bridgehead atoms. The molecule has 1 aliphatic rings. The molecule has 0 aliphatic carbocycles. The Kier molecular flexibility index (Phi) is 12.9. The highest BCUT2D eigenvalue weighted by molar-refractivity contribution is 5.92. The van der Waals surface area contributed by atoms with Gasteiger partial charge in [-0.05, 0) is 42.7 Å². The van der Waals surface area contributed by atoms with Crippen molar-refractivity contribution in [2.75, 3.05) is 34.0 Å². The molecule has 0 aromatic heterocycles. The van der Waals surface area contributed by atoms with Crippen LogP contribution in [0, 0.1) is 0 Å². The zero-order valence-electron chi connectivity index (χ0n) is 26.4. The number of ether oxygens (including phenoxy) is 8. The minimum atomic E-state index is -1.41. The van der Waals surface area contributed by atoms with E-state index >= 15 is 0 Å². The lowest BCUT2D eigenvalue weighted by atomic mass is 9.89. The van der Waals surface area contributed by atoms with E-state index in [0.717, 1.165) is 19.4 Å². The molecule has 3 rings (SSSR count). The van der Waals surface area contributed by atoms with Gasteiger partial charge in [-0.3, -0.25) is 14.4 Å². The first-order chi connectivity index (χ1) is 21.9. The van der Waals surface area contributed by atoms with Gasteiger partial charge < -0.3 is 43.0 Å². The van der Waals surface area contributed by atoms with Crippen LogP contribution < -0.4 is 4.74 Å². The Morgan fingerprint density at radius 2 is 1.46 bits per heavy atom. The number of phenols is 1. The van der Waals surface area contributed by atoms with Gasteiger partial charge in [-0.15, -0.1) is 0 Å². The van der Waals surface area contributed by atoms with Crippen LogP contribution in [0.1, 0.15) is 60.8 Å². The second-order valence-corrected chi connectivity index (χ2v) is 10.3. The van der Waals surface area contributed by atoms with Crippen LogP contribution in [0.2, 0.25) is 0 Å². The normalized spacial score (nSPS) is 20.6. The summed E-state index contributed by atoms with van der Waals surface area (Å²) in [4.78, 5) is 61.0. The summed E-state index contributed by atoms with van der Waals surface area (Å²) in [7, 11) is 2.70. The number of methoxy groups -OCH3 is 2. The Bertz CT molecular complexity index is 1420. The van der Waals surface area contributed by atoms with Crippen molar-refractivity contribution in [1.82, 2.24) is 0 Å². The second-order valence-electron chi connectivity index (χ2n) is 10.3. The van der Waals surface area contributed by atoms with Gasteiger partial charge in [0.25, 0.3) is 0 Å². The average molecular weight is 647 g/mol. The van der Waals surface area contributed by atoms with Crippen LogP contribution in [0.4, 0.5) is 0 Å². The molecule has 5 atom stereocenters. The third-order valence-corrected chi connectivity index (χ3v) is 6.79. The Labute approximate surface area is 265 Å². The van der Waals surface area contributed by atoms with Gasteiger partial charge in [0.1, 0.15) is 42.5 Å². The highest BCUT2D eigenvalue weighted by Gasteiger charge is 2.53. The molecule has 1 fully saturated rings. The van der Waals surface area contributed by atoms with E-state index in [4.69, 9.17) is 37.9 Å². The molecule has 1 N–H and O–H groups in total. The van der Waals surface area contributed by atoms with Crippen molar-refractivity contribution in [3.05, 3.63) is 58.7 Å². The van der Waals surface area contributed by atoms with Gasteiger partial charge in [0.2, 0.25) is 0 Å². The van der Waals surface area contributed by atoms with E-state index in [-0.39, 0.29) is 24.5 Å². The lowest BCUT2D eigenvalue weighted by Gasteiger charge is -2.44. The predicted molar refractivity (Wildman–Crippen MR) is 157 cm³/mol. The zero-order valence-corrected chi connectivity index (χ0v) is 26.4. The Morgan fingerprint density at radius 3 is 2.07 bits per heavy atom. The van der Waals surface area contributed by atoms with Crippen molar-refractivity contribution >= 4 is 29.8 Å². The first-order valence-electron chi connectivity index (χ1n) is 14.4. The van der Waals surface area contributed by atoms with Gasteiger partial charge >= 0.3 is 29.8 Å².